The summed E-state index contributed by atoms with van der Waals surface area (Å²) < 4.78 is 0. The maximum Gasteiger partial charge on any atom is 0.193 e. The minimum atomic E-state index is -0.635. The first-order valence-corrected chi connectivity index (χ1v) is 24.7. The van der Waals surface area contributed by atoms with E-state index in [0.29, 0.717) is 33.4 Å². The third-order valence-electron chi connectivity index (χ3n) is 13.1. The number of rotatable bonds is 18. The summed E-state index contributed by atoms with van der Waals surface area (Å²) in [6.07, 6.45) is 0. The monoisotopic (exact) mass is 1010 g/mol. The molecule has 0 bridgehead atoms. The van der Waals surface area contributed by atoms with Crippen LogP contribution in [0.5, 0.6) is 0 Å². The highest BCUT2D eigenvalue weighted by atomic mass is 16.2. The van der Waals surface area contributed by atoms with Crippen LogP contribution in [0.1, 0.15) is 143 Å². The second kappa shape index (κ2) is 22.4. The first-order chi connectivity index (χ1) is 37.9. The summed E-state index contributed by atoms with van der Waals surface area (Å²) in [5, 5.41) is 0. The van der Waals surface area contributed by atoms with Gasteiger partial charge in [0.2, 0.25) is 0 Å². The van der Waals surface area contributed by atoms with Gasteiger partial charge >= 0.3 is 0 Å². The molecule has 0 radical (unpaired) electrons. The van der Waals surface area contributed by atoms with Crippen LogP contribution in [0, 0.1) is 0 Å². The highest BCUT2D eigenvalue weighted by Gasteiger charge is 2.24. The Morgan fingerprint density at radius 2 is 0.244 bits per heavy atom. The van der Waals surface area contributed by atoms with E-state index < -0.39 is 34.7 Å². The van der Waals surface area contributed by atoms with Crippen LogP contribution in [0.2, 0.25) is 0 Å². The maximum absolute atomic E-state index is 14.7. The molecule has 9 heteroatoms. The predicted octanol–water partition coefficient (Wildman–Crippen LogP) is 12.8. The molecule has 10 aromatic rings. The molecule has 0 spiro atoms. The van der Waals surface area contributed by atoms with Crippen molar-refractivity contribution in [3.8, 4) is 0 Å². The Bertz CT molecular complexity index is 3650. The molecule has 0 fully saturated rings. The molecule has 0 heterocycles. The van der Waals surface area contributed by atoms with Crippen LogP contribution in [0.25, 0.3) is 0 Å². The fourth-order valence-electron chi connectivity index (χ4n) is 9.10. The standard InChI is InChI=1S/C69H42O9/c70-61(43-16-4-1-5-17-43)46-22-10-25-49(34-46)64(73)52-28-13-31-55(37-52)67(76)58-40-59(68(77)56-32-14-29-53(38-56)65(74)50-26-11-23-47(35-50)62(71)44-18-6-2-7-19-44)42-60(41-58)69(78)57-33-15-30-54(39-57)66(75)51-27-12-24-48(36-51)63(72)45-20-8-3-9-21-45/h1-42H. The van der Waals surface area contributed by atoms with Crippen molar-refractivity contribution >= 4 is 52.0 Å². The van der Waals surface area contributed by atoms with Crippen molar-refractivity contribution in [1.29, 1.82) is 0 Å². The van der Waals surface area contributed by atoms with Crippen LogP contribution in [0.3, 0.4) is 0 Å². The minimum absolute atomic E-state index is 0.0569. The van der Waals surface area contributed by atoms with Crippen LogP contribution in [0.4, 0.5) is 0 Å². The van der Waals surface area contributed by atoms with Gasteiger partial charge in [0.25, 0.3) is 0 Å². The maximum atomic E-state index is 14.7. The molecule has 0 aliphatic rings. The number of carbonyl (C=O) groups is 9. The van der Waals surface area contributed by atoms with E-state index in [2.05, 4.69) is 0 Å². The van der Waals surface area contributed by atoms with Gasteiger partial charge in [0.05, 0.1) is 0 Å². The van der Waals surface area contributed by atoms with Crippen LogP contribution in [0.15, 0.2) is 255 Å². The smallest absolute Gasteiger partial charge is 0.193 e. The highest BCUT2D eigenvalue weighted by Crippen LogP contribution is 2.25. The van der Waals surface area contributed by atoms with E-state index >= 15 is 0 Å². The average Bonchev–Trinajstić information content (AvgIpc) is 3.53. The molecule has 0 amide bonds. The van der Waals surface area contributed by atoms with Crippen LogP contribution < -0.4 is 0 Å². The lowest BCUT2D eigenvalue weighted by Gasteiger charge is -2.12. The summed E-state index contributed by atoms with van der Waals surface area (Å²) in [6, 6.07) is 66.8. The van der Waals surface area contributed by atoms with Gasteiger partial charge in [-0.15, -0.1) is 0 Å². The molecule has 0 atom stereocenters. The Kier molecular flexibility index (Phi) is 14.6. The molecular weight excluding hydrogens is 973 g/mol. The number of hydrogen-bond acceptors (Lipinski definition) is 9. The predicted molar refractivity (Wildman–Crippen MR) is 295 cm³/mol. The molecule has 0 saturated heterocycles. The Morgan fingerprint density at radius 1 is 0.128 bits per heavy atom. The third kappa shape index (κ3) is 10.9. The molecule has 372 valence electrons. The van der Waals surface area contributed by atoms with E-state index in [0.717, 1.165) is 0 Å². The molecule has 78 heavy (non-hydrogen) atoms. The zero-order valence-corrected chi connectivity index (χ0v) is 41.4. The number of carbonyl (C=O) groups excluding carboxylic acids is 9. The molecule has 0 saturated carbocycles. The average molecular weight is 1020 g/mol. The van der Waals surface area contributed by atoms with Gasteiger partial charge < -0.3 is 0 Å². The summed E-state index contributed by atoms with van der Waals surface area (Å²) in [4.78, 5) is 126. The molecule has 10 rings (SSSR count). The Morgan fingerprint density at radius 3 is 0.410 bits per heavy atom. The van der Waals surface area contributed by atoms with Crippen molar-refractivity contribution in [2.24, 2.45) is 0 Å². The summed E-state index contributed by atoms with van der Waals surface area (Å²) >= 11 is 0. The second-order valence-electron chi connectivity index (χ2n) is 18.3. The van der Waals surface area contributed by atoms with Gasteiger partial charge in [-0.25, -0.2) is 0 Å². The fraction of sp³-hybridized carbons (Fsp3) is 0. The van der Waals surface area contributed by atoms with Crippen molar-refractivity contribution < 1.29 is 43.2 Å². The topological polar surface area (TPSA) is 154 Å². The van der Waals surface area contributed by atoms with E-state index in [9.17, 15) is 43.2 Å². The third-order valence-corrected chi connectivity index (χ3v) is 13.1. The normalized spacial score (nSPS) is 10.8. The van der Waals surface area contributed by atoms with Gasteiger partial charge in [-0.3, -0.25) is 43.2 Å². The Labute approximate surface area is 448 Å². The van der Waals surface area contributed by atoms with Gasteiger partial charge in [-0.1, -0.05) is 200 Å². The minimum Gasteiger partial charge on any atom is -0.289 e. The van der Waals surface area contributed by atoms with Crippen molar-refractivity contribution in [3.05, 3.63) is 355 Å². The van der Waals surface area contributed by atoms with Gasteiger partial charge in [-0.2, -0.15) is 0 Å². The van der Waals surface area contributed by atoms with Crippen LogP contribution in [-0.2, 0) is 0 Å². The molecule has 0 aromatic heterocycles. The van der Waals surface area contributed by atoms with E-state index in [-0.39, 0.29) is 84.1 Å². The van der Waals surface area contributed by atoms with E-state index in [4.69, 9.17) is 0 Å². The van der Waals surface area contributed by atoms with Crippen LogP contribution >= 0.6 is 0 Å². The summed E-state index contributed by atoms with van der Waals surface area (Å²) in [5.74, 6) is -4.09. The zero-order valence-electron chi connectivity index (χ0n) is 41.4. The van der Waals surface area contributed by atoms with Crippen molar-refractivity contribution in [2.75, 3.05) is 0 Å². The second-order valence-corrected chi connectivity index (χ2v) is 18.3. The molecular formula is C69H42O9. The van der Waals surface area contributed by atoms with E-state index in [1.54, 1.807) is 146 Å². The SMILES string of the molecule is O=C(c1ccccc1)c1cccc(C(=O)c2cccc(C(=O)c3cc(C(=O)c4cccc(C(=O)c5cccc(C(=O)c6ccccc6)c5)c4)cc(C(=O)c4cccc(C(=O)c5cccc(C(=O)c6ccccc6)c5)c4)c3)c2)c1. The lowest BCUT2D eigenvalue weighted by molar-refractivity contribution is 0.102. The van der Waals surface area contributed by atoms with Gasteiger partial charge in [-0.05, 0) is 54.6 Å². The molecule has 10 aromatic carbocycles. The largest absolute Gasteiger partial charge is 0.289 e. The molecule has 0 N–H and O–H groups in total. The van der Waals surface area contributed by atoms with Crippen molar-refractivity contribution in [3.63, 3.8) is 0 Å². The van der Waals surface area contributed by atoms with Crippen molar-refractivity contribution in [1.82, 2.24) is 0 Å². The fourth-order valence-corrected chi connectivity index (χ4v) is 9.10. The lowest BCUT2D eigenvalue weighted by Crippen LogP contribution is -2.12. The molecule has 0 aliphatic heterocycles. The number of hydrogen-bond donors (Lipinski definition) is 0. The first-order valence-electron chi connectivity index (χ1n) is 24.7. The van der Waals surface area contributed by atoms with Gasteiger partial charge in [0, 0.05) is 100 Å². The quantitative estimate of drug-likeness (QED) is 0.0764. The summed E-state index contributed by atoms with van der Waals surface area (Å²) in [5.41, 5.74) is 3.26. The number of benzene rings is 10. The molecule has 0 unspecified atom stereocenters. The molecule has 9 nitrogen and oxygen atoms in total. The summed E-state index contributed by atoms with van der Waals surface area (Å²) in [6.45, 7) is 0. The van der Waals surface area contributed by atoms with Gasteiger partial charge in [0.1, 0.15) is 0 Å². The zero-order chi connectivity index (χ0) is 54.3. The first kappa shape index (κ1) is 50.7. The van der Waals surface area contributed by atoms with Crippen LogP contribution in [-0.4, -0.2) is 52.0 Å². The lowest BCUT2D eigenvalue weighted by atomic mass is 9.90. The number of ketones is 9. The van der Waals surface area contributed by atoms with E-state index in [1.807, 2.05) is 0 Å². The van der Waals surface area contributed by atoms with Crippen molar-refractivity contribution in [2.45, 2.75) is 0 Å². The highest BCUT2D eigenvalue weighted by molar-refractivity contribution is 6.20. The Balaban J connectivity index is 0.984. The molecule has 0 aliphatic carbocycles. The summed E-state index contributed by atoms with van der Waals surface area (Å²) in [7, 11) is 0. The Hall–Kier alpha value is -10.8. The van der Waals surface area contributed by atoms with Gasteiger partial charge in [0.15, 0.2) is 52.0 Å². The van der Waals surface area contributed by atoms with E-state index in [1.165, 1.54) is 109 Å².